The van der Waals surface area contributed by atoms with Crippen LogP contribution in [0.4, 0.5) is 5.82 Å². The van der Waals surface area contributed by atoms with E-state index < -0.39 is 5.25 Å². The number of aromatic nitrogens is 4. The molecule has 8 nitrogen and oxygen atoms in total. The van der Waals surface area contributed by atoms with Gasteiger partial charge in [-0.2, -0.15) is 0 Å². The predicted octanol–water partition coefficient (Wildman–Crippen LogP) is 2.42. The molecular weight excluding hydrogens is 352 g/mol. The van der Waals surface area contributed by atoms with Gasteiger partial charge < -0.3 is 15.6 Å². The SMILES string of the molecule is C[C@H](Sc1nnc(-c2ccco2)n1N)C(=O)Nc1ccc(Cl)cn1. The Bertz CT molecular complexity index is 834. The average Bonchev–Trinajstić information content (AvgIpc) is 3.20. The fourth-order valence-electron chi connectivity index (χ4n) is 1.82. The molecule has 0 aliphatic carbocycles. The number of nitrogens with zero attached hydrogens (tertiary/aromatic N) is 4. The van der Waals surface area contributed by atoms with Gasteiger partial charge in [0, 0.05) is 6.20 Å². The maximum atomic E-state index is 12.2. The molecule has 1 atom stereocenters. The van der Waals surface area contributed by atoms with Crippen molar-refractivity contribution in [3.63, 3.8) is 0 Å². The van der Waals surface area contributed by atoms with Crippen LogP contribution in [0.15, 0.2) is 46.3 Å². The van der Waals surface area contributed by atoms with Crippen molar-refractivity contribution in [3.8, 4) is 11.6 Å². The third-order valence-electron chi connectivity index (χ3n) is 3.04. The van der Waals surface area contributed by atoms with Crippen molar-refractivity contribution in [2.45, 2.75) is 17.3 Å². The van der Waals surface area contributed by atoms with Gasteiger partial charge in [0.1, 0.15) is 5.82 Å². The fourth-order valence-corrected chi connectivity index (χ4v) is 2.70. The number of nitrogen functional groups attached to an aromatic ring is 1. The van der Waals surface area contributed by atoms with Crippen LogP contribution in [0.1, 0.15) is 6.92 Å². The Hall–Kier alpha value is -2.52. The minimum atomic E-state index is -0.460. The summed E-state index contributed by atoms with van der Waals surface area (Å²) in [6.07, 6.45) is 2.98. The normalized spacial score (nSPS) is 12.1. The van der Waals surface area contributed by atoms with Crippen LogP contribution in [0.25, 0.3) is 11.6 Å². The minimum Gasteiger partial charge on any atom is -0.461 e. The van der Waals surface area contributed by atoms with Crippen LogP contribution in [-0.4, -0.2) is 31.0 Å². The number of halogens is 1. The standard InChI is InChI=1S/C14H13ClN6O2S/c1-8(13(22)18-11-5-4-9(15)7-17-11)24-14-20-19-12(21(14)16)10-3-2-6-23-10/h2-8H,16H2,1H3,(H,17,18,22)/t8-/m0/s1. The highest BCUT2D eigenvalue weighted by atomic mass is 35.5. The van der Waals surface area contributed by atoms with Gasteiger partial charge in [0.2, 0.25) is 16.9 Å². The summed E-state index contributed by atoms with van der Waals surface area (Å²) in [6.45, 7) is 1.73. The Labute approximate surface area is 146 Å². The Balaban J connectivity index is 1.67. The second-order valence-electron chi connectivity index (χ2n) is 4.76. The molecule has 0 aromatic carbocycles. The first kappa shape index (κ1) is 16.3. The van der Waals surface area contributed by atoms with Gasteiger partial charge in [-0.05, 0) is 31.2 Å². The van der Waals surface area contributed by atoms with Gasteiger partial charge >= 0.3 is 0 Å². The van der Waals surface area contributed by atoms with Gasteiger partial charge in [-0.1, -0.05) is 23.4 Å². The second kappa shape index (κ2) is 6.93. The van der Waals surface area contributed by atoms with Crippen LogP contribution in [0.3, 0.4) is 0 Å². The zero-order chi connectivity index (χ0) is 17.1. The molecule has 0 aliphatic rings. The van der Waals surface area contributed by atoms with Gasteiger partial charge in [0.15, 0.2) is 5.76 Å². The predicted molar refractivity (Wildman–Crippen MR) is 91.1 cm³/mol. The smallest absolute Gasteiger partial charge is 0.238 e. The number of anilines is 1. The first-order valence-corrected chi connectivity index (χ1v) is 8.14. The number of carbonyl (C=O) groups excluding carboxylic acids is 1. The zero-order valence-corrected chi connectivity index (χ0v) is 14.1. The summed E-state index contributed by atoms with van der Waals surface area (Å²) in [4.78, 5) is 16.2. The van der Waals surface area contributed by atoms with Gasteiger partial charge in [0.25, 0.3) is 0 Å². The van der Waals surface area contributed by atoms with E-state index in [1.165, 1.54) is 28.9 Å². The number of amides is 1. The fraction of sp³-hybridized carbons (Fsp3) is 0.143. The van der Waals surface area contributed by atoms with E-state index in [1.54, 1.807) is 31.2 Å². The number of hydrogen-bond acceptors (Lipinski definition) is 7. The number of nitrogens with one attached hydrogen (secondary N) is 1. The highest BCUT2D eigenvalue weighted by Gasteiger charge is 2.21. The topological polar surface area (TPSA) is 112 Å². The third-order valence-corrected chi connectivity index (χ3v) is 4.32. The summed E-state index contributed by atoms with van der Waals surface area (Å²) in [6, 6.07) is 6.72. The van der Waals surface area contributed by atoms with Crippen LogP contribution in [0.5, 0.6) is 0 Å². The number of pyridine rings is 1. The Kier molecular flexibility index (Phi) is 4.72. The maximum absolute atomic E-state index is 12.2. The summed E-state index contributed by atoms with van der Waals surface area (Å²) < 4.78 is 6.53. The molecule has 0 radical (unpaired) electrons. The Morgan fingerprint density at radius 3 is 2.92 bits per heavy atom. The van der Waals surface area contributed by atoms with Crippen LogP contribution in [0, 0.1) is 0 Å². The monoisotopic (exact) mass is 364 g/mol. The lowest BCUT2D eigenvalue weighted by molar-refractivity contribution is -0.115. The largest absolute Gasteiger partial charge is 0.461 e. The van der Waals surface area contributed by atoms with E-state index in [1.807, 2.05) is 0 Å². The van der Waals surface area contributed by atoms with Crippen molar-refractivity contribution in [2.24, 2.45) is 0 Å². The quantitative estimate of drug-likeness (QED) is 0.528. The number of nitrogens with two attached hydrogens (primary N) is 1. The van der Waals surface area contributed by atoms with E-state index in [9.17, 15) is 4.79 Å². The van der Waals surface area contributed by atoms with E-state index in [2.05, 4.69) is 20.5 Å². The first-order chi connectivity index (χ1) is 11.5. The van der Waals surface area contributed by atoms with E-state index in [4.69, 9.17) is 21.9 Å². The molecule has 3 aromatic rings. The van der Waals surface area contributed by atoms with Gasteiger partial charge in [0.05, 0.1) is 16.5 Å². The summed E-state index contributed by atoms with van der Waals surface area (Å²) in [5, 5.41) is 11.1. The molecule has 24 heavy (non-hydrogen) atoms. The minimum absolute atomic E-state index is 0.239. The molecule has 0 saturated heterocycles. The molecule has 3 aromatic heterocycles. The van der Waals surface area contributed by atoms with E-state index in [0.717, 1.165) is 0 Å². The highest BCUT2D eigenvalue weighted by Crippen LogP contribution is 2.25. The molecule has 3 heterocycles. The van der Waals surface area contributed by atoms with E-state index in [0.29, 0.717) is 27.6 Å². The summed E-state index contributed by atoms with van der Waals surface area (Å²) in [5.41, 5.74) is 0. The van der Waals surface area contributed by atoms with Gasteiger partial charge in [-0.25, -0.2) is 9.66 Å². The van der Waals surface area contributed by atoms with Crippen LogP contribution >= 0.6 is 23.4 Å². The average molecular weight is 365 g/mol. The lowest BCUT2D eigenvalue weighted by Crippen LogP contribution is -2.24. The highest BCUT2D eigenvalue weighted by molar-refractivity contribution is 8.00. The number of thioether (sulfide) groups is 1. The molecule has 1 amide bonds. The molecule has 10 heteroatoms. The molecule has 3 rings (SSSR count). The van der Waals surface area contributed by atoms with Crippen LogP contribution in [0.2, 0.25) is 5.02 Å². The number of carbonyl (C=O) groups is 1. The molecule has 0 bridgehead atoms. The van der Waals surface area contributed by atoms with E-state index in [-0.39, 0.29) is 5.91 Å². The Morgan fingerprint density at radius 1 is 1.42 bits per heavy atom. The molecule has 3 N–H and O–H groups in total. The lowest BCUT2D eigenvalue weighted by atomic mass is 10.4. The molecule has 0 aliphatic heterocycles. The van der Waals surface area contributed by atoms with E-state index >= 15 is 0 Å². The van der Waals surface area contributed by atoms with Crippen molar-refractivity contribution in [1.82, 2.24) is 19.9 Å². The molecule has 0 spiro atoms. The molecular formula is C14H13ClN6O2S. The third kappa shape index (κ3) is 3.52. The summed E-state index contributed by atoms with van der Waals surface area (Å²) >= 11 is 6.94. The molecule has 0 unspecified atom stereocenters. The van der Waals surface area contributed by atoms with Gasteiger partial charge in [-0.3, -0.25) is 4.79 Å². The van der Waals surface area contributed by atoms with Crippen LogP contribution < -0.4 is 11.2 Å². The second-order valence-corrected chi connectivity index (χ2v) is 6.51. The van der Waals surface area contributed by atoms with Crippen molar-refractivity contribution in [3.05, 3.63) is 41.7 Å². The Morgan fingerprint density at radius 2 is 2.25 bits per heavy atom. The van der Waals surface area contributed by atoms with Crippen molar-refractivity contribution < 1.29 is 9.21 Å². The molecule has 124 valence electrons. The number of furan rings is 1. The summed E-state index contributed by atoms with van der Waals surface area (Å²) in [5.74, 6) is 7.03. The van der Waals surface area contributed by atoms with Crippen molar-refractivity contribution in [2.75, 3.05) is 11.2 Å². The number of rotatable bonds is 5. The van der Waals surface area contributed by atoms with Crippen molar-refractivity contribution >= 4 is 35.1 Å². The maximum Gasteiger partial charge on any atom is 0.238 e. The van der Waals surface area contributed by atoms with Crippen LogP contribution in [-0.2, 0) is 4.79 Å². The van der Waals surface area contributed by atoms with Crippen molar-refractivity contribution in [1.29, 1.82) is 0 Å². The lowest BCUT2D eigenvalue weighted by Gasteiger charge is -2.10. The molecule has 0 fully saturated rings. The molecule has 0 saturated carbocycles. The number of hydrogen-bond donors (Lipinski definition) is 2. The summed E-state index contributed by atoms with van der Waals surface area (Å²) in [7, 11) is 0. The first-order valence-electron chi connectivity index (χ1n) is 6.88. The van der Waals surface area contributed by atoms with Gasteiger partial charge in [-0.15, -0.1) is 10.2 Å². The zero-order valence-electron chi connectivity index (χ0n) is 12.5.